The maximum Gasteiger partial charge on any atom is 0.252 e. The van der Waals surface area contributed by atoms with Crippen molar-refractivity contribution in [2.45, 2.75) is 71.6 Å². The van der Waals surface area contributed by atoms with Gasteiger partial charge in [0.1, 0.15) is 0 Å². The average Bonchev–Trinajstić information content (AvgIpc) is 3.52. The fourth-order valence-electron chi connectivity index (χ4n) is 5.47. The zero-order valence-electron chi connectivity index (χ0n) is 20.8. The Bertz CT molecular complexity index is 1340. The highest BCUT2D eigenvalue weighted by Crippen LogP contribution is 2.35. The number of rotatable bonds is 8. The molecule has 7 nitrogen and oxygen atoms in total. The lowest BCUT2D eigenvalue weighted by Gasteiger charge is -2.34. The van der Waals surface area contributed by atoms with Gasteiger partial charge in [-0.15, -0.1) is 5.10 Å². The summed E-state index contributed by atoms with van der Waals surface area (Å²) in [5.41, 5.74) is 3.95. The first-order chi connectivity index (χ1) is 17.0. The van der Waals surface area contributed by atoms with E-state index in [0.29, 0.717) is 19.1 Å². The van der Waals surface area contributed by atoms with Crippen molar-refractivity contribution in [3.8, 4) is 0 Å². The van der Waals surface area contributed by atoms with Crippen LogP contribution < -0.4 is 5.56 Å². The van der Waals surface area contributed by atoms with E-state index in [1.165, 1.54) is 24.0 Å². The normalized spacial score (nSPS) is 15.5. The van der Waals surface area contributed by atoms with Gasteiger partial charge in [-0.1, -0.05) is 68.7 Å². The molecule has 35 heavy (non-hydrogen) atoms. The molecular weight excluding hydrogens is 436 g/mol. The van der Waals surface area contributed by atoms with Crippen LogP contribution in [0.15, 0.2) is 59.4 Å². The Kier molecular flexibility index (Phi) is 6.77. The molecule has 0 unspecified atom stereocenters. The molecule has 2 aromatic heterocycles. The molecule has 1 atom stereocenters. The first-order valence-corrected chi connectivity index (χ1v) is 12.7. The smallest absolute Gasteiger partial charge is 0.252 e. The van der Waals surface area contributed by atoms with Crippen LogP contribution in [-0.4, -0.2) is 30.1 Å². The number of hydrogen-bond donors (Lipinski definition) is 1. The molecule has 7 heteroatoms. The number of tetrazole rings is 1. The number of pyridine rings is 1. The van der Waals surface area contributed by atoms with Gasteiger partial charge in [0.25, 0.3) is 5.56 Å². The van der Waals surface area contributed by atoms with Crippen molar-refractivity contribution in [2.24, 2.45) is 5.92 Å². The van der Waals surface area contributed by atoms with E-state index in [2.05, 4.69) is 81.2 Å². The minimum absolute atomic E-state index is 0.0292. The van der Waals surface area contributed by atoms with E-state index in [-0.39, 0.29) is 17.5 Å². The maximum absolute atomic E-state index is 13.1. The highest BCUT2D eigenvalue weighted by molar-refractivity contribution is 5.79. The molecule has 5 rings (SSSR count). The first-order valence-electron chi connectivity index (χ1n) is 12.7. The number of H-pyrrole nitrogens is 1. The van der Waals surface area contributed by atoms with E-state index in [9.17, 15) is 4.79 Å². The molecule has 1 saturated carbocycles. The van der Waals surface area contributed by atoms with E-state index in [1.54, 1.807) is 0 Å². The van der Waals surface area contributed by atoms with Gasteiger partial charge in [0.2, 0.25) is 0 Å². The standard InChI is InChI=1S/C28H34N6O/c1-19(2)26(27-30-31-32-34(27)24-11-7-8-12-24)33(17-21-9-5-4-6-10-21)18-23-16-22-15-20(3)13-14-25(22)29-28(23)35/h4-6,9-10,13-16,19,24,26H,7-8,11-12,17-18H2,1-3H3,(H,29,35)/t26-/m1/s1. The van der Waals surface area contributed by atoms with Crippen molar-refractivity contribution >= 4 is 10.9 Å². The van der Waals surface area contributed by atoms with Crippen molar-refractivity contribution < 1.29 is 0 Å². The molecule has 0 bridgehead atoms. The van der Waals surface area contributed by atoms with Crippen LogP contribution in [0.4, 0.5) is 0 Å². The molecule has 182 valence electrons. The van der Waals surface area contributed by atoms with Crippen molar-refractivity contribution in [1.82, 2.24) is 30.1 Å². The minimum atomic E-state index is -0.0442. The van der Waals surface area contributed by atoms with Crippen LogP contribution >= 0.6 is 0 Å². The second-order valence-electron chi connectivity index (χ2n) is 10.2. The number of aromatic nitrogens is 5. The third-order valence-corrected chi connectivity index (χ3v) is 7.16. The second-order valence-corrected chi connectivity index (χ2v) is 10.2. The van der Waals surface area contributed by atoms with E-state index in [1.807, 2.05) is 24.3 Å². The van der Waals surface area contributed by atoms with E-state index in [0.717, 1.165) is 35.1 Å². The Morgan fingerprint density at radius 1 is 1.06 bits per heavy atom. The predicted molar refractivity (Wildman–Crippen MR) is 138 cm³/mol. The lowest BCUT2D eigenvalue weighted by molar-refractivity contribution is 0.123. The Morgan fingerprint density at radius 3 is 2.57 bits per heavy atom. The third kappa shape index (κ3) is 5.05. The van der Waals surface area contributed by atoms with Crippen LogP contribution in [0, 0.1) is 12.8 Å². The lowest BCUT2D eigenvalue weighted by Crippen LogP contribution is -2.35. The highest BCUT2D eigenvalue weighted by atomic mass is 16.1. The topological polar surface area (TPSA) is 79.7 Å². The number of nitrogens with one attached hydrogen (secondary N) is 1. The molecule has 2 aromatic carbocycles. The number of aromatic amines is 1. The molecule has 0 aliphatic heterocycles. The van der Waals surface area contributed by atoms with Crippen LogP contribution in [0.5, 0.6) is 0 Å². The number of nitrogens with zero attached hydrogens (tertiary/aromatic N) is 5. The summed E-state index contributed by atoms with van der Waals surface area (Å²) in [6.45, 7) is 7.71. The van der Waals surface area contributed by atoms with Crippen molar-refractivity contribution in [3.63, 3.8) is 0 Å². The van der Waals surface area contributed by atoms with Gasteiger partial charge >= 0.3 is 0 Å². The number of benzene rings is 2. The first kappa shape index (κ1) is 23.4. The number of hydrogen-bond acceptors (Lipinski definition) is 5. The maximum atomic E-state index is 13.1. The van der Waals surface area contributed by atoms with Crippen LogP contribution in [0.2, 0.25) is 0 Å². The van der Waals surface area contributed by atoms with Crippen LogP contribution in [0.3, 0.4) is 0 Å². The van der Waals surface area contributed by atoms with Gasteiger partial charge in [-0.25, -0.2) is 4.68 Å². The molecule has 0 spiro atoms. The third-order valence-electron chi connectivity index (χ3n) is 7.16. The summed E-state index contributed by atoms with van der Waals surface area (Å²) in [5.74, 6) is 1.16. The van der Waals surface area contributed by atoms with Gasteiger partial charge in [-0.2, -0.15) is 0 Å². The van der Waals surface area contributed by atoms with Crippen LogP contribution in [0.25, 0.3) is 10.9 Å². The Morgan fingerprint density at radius 2 is 1.83 bits per heavy atom. The van der Waals surface area contributed by atoms with Gasteiger partial charge < -0.3 is 4.98 Å². The molecule has 1 aliphatic carbocycles. The monoisotopic (exact) mass is 470 g/mol. The van der Waals surface area contributed by atoms with Gasteiger partial charge in [0.05, 0.1) is 12.1 Å². The summed E-state index contributed by atoms with van der Waals surface area (Å²) in [6, 6.07) is 18.9. The van der Waals surface area contributed by atoms with Crippen LogP contribution in [-0.2, 0) is 13.1 Å². The fraction of sp³-hybridized carbons (Fsp3) is 0.429. The Balaban J connectivity index is 1.56. The van der Waals surface area contributed by atoms with Gasteiger partial charge in [-0.3, -0.25) is 9.69 Å². The molecule has 0 radical (unpaired) electrons. The largest absolute Gasteiger partial charge is 0.322 e. The van der Waals surface area contributed by atoms with Crippen LogP contribution in [0.1, 0.15) is 74.1 Å². The van der Waals surface area contributed by atoms with Crippen molar-refractivity contribution in [3.05, 3.63) is 87.5 Å². The molecule has 1 fully saturated rings. The quantitative estimate of drug-likeness (QED) is 0.376. The molecular formula is C28H34N6O. The van der Waals surface area contributed by atoms with E-state index in [4.69, 9.17) is 0 Å². The molecule has 4 aromatic rings. The SMILES string of the molecule is Cc1ccc2[nH]c(=O)c(CN(Cc3ccccc3)[C@@H](c3nnnn3C3CCCC3)C(C)C)cc2c1. The average molecular weight is 471 g/mol. The summed E-state index contributed by atoms with van der Waals surface area (Å²) in [5, 5.41) is 14.1. The fourth-order valence-corrected chi connectivity index (χ4v) is 5.47. The van der Waals surface area contributed by atoms with Crippen molar-refractivity contribution in [2.75, 3.05) is 0 Å². The minimum Gasteiger partial charge on any atom is -0.322 e. The van der Waals surface area contributed by atoms with E-state index >= 15 is 0 Å². The molecule has 1 aliphatic rings. The highest BCUT2D eigenvalue weighted by Gasteiger charge is 2.32. The van der Waals surface area contributed by atoms with Crippen molar-refractivity contribution in [1.29, 1.82) is 0 Å². The summed E-state index contributed by atoms with van der Waals surface area (Å²) in [7, 11) is 0. The predicted octanol–water partition coefficient (Wildman–Crippen LogP) is 5.34. The molecule has 0 amide bonds. The summed E-state index contributed by atoms with van der Waals surface area (Å²) < 4.78 is 2.06. The zero-order valence-corrected chi connectivity index (χ0v) is 20.8. The summed E-state index contributed by atoms with van der Waals surface area (Å²) in [4.78, 5) is 18.6. The number of aryl methyl sites for hydroxylation is 1. The van der Waals surface area contributed by atoms with E-state index < -0.39 is 0 Å². The van der Waals surface area contributed by atoms with Gasteiger partial charge in [-0.05, 0) is 65.3 Å². The Labute approximate surface area is 206 Å². The van der Waals surface area contributed by atoms with Gasteiger partial charge in [0.15, 0.2) is 5.82 Å². The molecule has 2 heterocycles. The zero-order chi connectivity index (χ0) is 24.4. The lowest BCUT2D eigenvalue weighted by atomic mass is 9.99. The summed E-state index contributed by atoms with van der Waals surface area (Å²) >= 11 is 0. The Hall–Kier alpha value is -3.32. The second kappa shape index (κ2) is 10.1. The molecule has 0 saturated heterocycles. The van der Waals surface area contributed by atoms with Gasteiger partial charge in [0, 0.05) is 24.2 Å². The molecule has 1 N–H and O–H groups in total. The summed E-state index contributed by atoms with van der Waals surface area (Å²) in [6.07, 6.45) is 4.67. The number of fused-ring (bicyclic) bond motifs is 1.